The molecular weight excluding hydrogens is 264 g/mol. The van der Waals surface area contributed by atoms with E-state index >= 15 is 0 Å². The lowest BCUT2D eigenvalue weighted by molar-refractivity contribution is -0.124. The number of carbonyl (C=O) groups is 1. The molecule has 0 spiro atoms. The van der Waals surface area contributed by atoms with Crippen LogP contribution in [0.5, 0.6) is 5.75 Å². The summed E-state index contributed by atoms with van der Waals surface area (Å²) in [6, 6.07) is 1.73. The van der Waals surface area contributed by atoms with Crippen LogP contribution in [-0.2, 0) is 4.79 Å². The number of ether oxygens (including phenoxy) is 1. The number of anilines is 1. The molecule has 15 heavy (non-hydrogen) atoms. The monoisotopic (exact) mass is 272 g/mol. The summed E-state index contributed by atoms with van der Waals surface area (Å²) in [5.41, 5.74) is 0. The Bertz CT molecular complexity index is 397. The Morgan fingerprint density at radius 1 is 1.67 bits per heavy atom. The van der Waals surface area contributed by atoms with Crippen LogP contribution >= 0.6 is 15.9 Å². The van der Waals surface area contributed by atoms with Crippen molar-refractivity contribution in [3.05, 3.63) is 16.7 Å². The van der Waals surface area contributed by atoms with E-state index in [4.69, 9.17) is 9.84 Å². The van der Waals surface area contributed by atoms with Gasteiger partial charge in [-0.05, 0) is 22.0 Å². The van der Waals surface area contributed by atoms with Crippen molar-refractivity contribution < 1.29 is 14.6 Å². The van der Waals surface area contributed by atoms with E-state index < -0.39 is 6.10 Å². The number of carbonyl (C=O) groups excluding carboxylic acids is 1. The molecule has 80 valence electrons. The highest BCUT2D eigenvalue weighted by molar-refractivity contribution is 9.10. The van der Waals surface area contributed by atoms with Crippen LogP contribution in [-0.4, -0.2) is 28.7 Å². The fourth-order valence-corrected chi connectivity index (χ4v) is 1.63. The Kier molecular flexibility index (Phi) is 2.88. The fraction of sp³-hybridized carbons (Fsp3) is 0.333. The summed E-state index contributed by atoms with van der Waals surface area (Å²) >= 11 is 3.26. The summed E-state index contributed by atoms with van der Waals surface area (Å²) in [5.74, 6) is 0.659. The van der Waals surface area contributed by atoms with Crippen molar-refractivity contribution in [2.24, 2.45) is 0 Å². The van der Waals surface area contributed by atoms with Crippen LogP contribution in [0, 0.1) is 0 Å². The first-order valence-electron chi connectivity index (χ1n) is 4.44. The van der Waals surface area contributed by atoms with Gasteiger partial charge in [-0.3, -0.25) is 4.79 Å². The Labute approximate surface area is 94.6 Å². The molecule has 0 radical (unpaired) electrons. The minimum Gasteiger partial charge on any atom is -0.477 e. The highest BCUT2D eigenvalue weighted by Crippen LogP contribution is 2.30. The quantitative estimate of drug-likeness (QED) is 0.840. The highest BCUT2D eigenvalue weighted by Gasteiger charge is 2.27. The van der Waals surface area contributed by atoms with E-state index in [2.05, 4.69) is 26.2 Å². The normalized spacial score (nSPS) is 19.1. The highest BCUT2D eigenvalue weighted by atomic mass is 79.9. The van der Waals surface area contributed by atoms with Gasteiger partial charge < -0.3 is 15.2 Å². The van der Waals surface area contributed by atoms with E-state index in [0.717, 1.165) is 4.47 Å². The van der Waals surface area contributed by atoms with Crippen LogP contribution in [0.3, 0.4) is 0 Å². The molecule has 1 aromatic rings. The van der Waals surface area contributed by atoms with Gasteiger partial charge in [-0.1, -0.05) is 0 Å². The van der Waals surface area contributed by atoms with E-state index in [1.807, 2.05) is 0 Å². The summed E-state index contributed by atoms with van der Waals surface area (Å²) < 4.78 is 6.18. The molecule has 5 nitrogen and oxygen atoms in total. The molecule has 1 unspecified atom stereocenters. The van der Waals surface area contributed by atoms with Gasteiger partial charge >= 0.3 is 0 Å². The predicted octanol–water partition coefficient (Wildman–Crippen LogP) is 0.926. The summed E-state index contributed by atoms with van der Waals surface area (Å²) in [5, 5.41) is 11.4. The van der Waals surface area contributed by atoms with Gasteiger partial charge in [0.05, 0.1) is 0 Å². The Morgan fingerprint density at radius 2 is 2.47 bits per heavy atom. The van der Waals surface area contributed by atoms with E-state index in [0.29, 0.717) is 11.6 Å². The van der Waals surface area contributed by atoms with Crippen molar-refractivity contribution in [3.8, 4) is 5.75 Å². The molecule has 1 aliphatic rings. The van der Waals surface area contributed by atoms with E-state index in [1.54, 1.807) is 12.3 Å². The van der Waals surface area contributed by atoms with Crippen LogP contribution in [0.15, 0.2) is 16.7 Å². The number of fused-ring (bicyclic) bond motifs is 1. The van der Waals surface area contributed by atoms with Crippen LogP contribution in [0.4, 0.5) is 5.82 Å². The number of nitrogens with one attached hydrogen (secondary N) is 1. The van der Waals surface area contributed by atoms with E-state index in [-0.39, 0.29) is 18.9 Å². The maximum atomic E-state index is 11.4. The molecular formula is C9H9BrN2O3. The molecule has 1 aliphatic heterocycles. The van der Waals surface area contributed by atoms with E-state index in [1.165, 1.54) is 0 Å². The van der Waals surface area contributed by atoms with Crippen molar-refractivity contribution in [2.45, 2.75) is 12.5 Å². The number of aromatic nitrogens is 1. The summed E-state index contributed by atoms with van der Waals surface area (Å²) in [4.78, 5) is 15.4. The molecule has 0 aliphatic carbocycles. The number of halogens is 1. The largest absolute Gasteiger partial charge is 0.477 e. The zero-order valence-electron chi connectivity index (χ0n) is 7.74. The van der Waals surface area contributed by atoms with Gasteiger partial charge in [0, 0.05) is 23.7 Å². The number of amides is 1. The summed E-state index contributed by atoms with van der Waals surface area (Å²) in [6.07, 6.45) is 1.21. The van der Waals surface area contributed by atoms with Crippen molar-refractivity contribution in [2.75, 3.05) is 11.9 Å². The number of nitrogens with zero attached hydrogens (tertiary/aromatic N) is 1. The SMILES string of the molecule is O=C1Nc2ncc(Br)cc2OC1CCO. The second kappa shape index (κ2) is 4.16. The van der Waals surface area contributed by atoms with Crippen LogP contribution in [0.25, 0.3) is 0 Å². The van der Waals surface area contributed by atoms with Gasteiger partial charge in [-0.15, -0.1) is 0 Å². The summed E-state index contributed by atoms with van der Waals surface area (Å²) in [7, 11) is 0. The van der Waals surface area contributed by atoms with Gasteiger partial charge in [0.25, 0.3) is 5.91 Å². The van der Waals surface area contributed by atoms with Crippen LogP contribution in [0.2, 0.25) is 0 Å². The Hall–Kier alpha value is -1.14. The van der Waals surface area contributed by atoms with Crippen molar-refractivity contribution in [3.63, 3.8) is 0 Å². The minimum atomic E-state index is -0.640. The first-order chi connectivity index (χ1) is 7.20. The second-order valence-electron chi connectivity index (χ2n) is 3.11. The number of pyridine rings is 1. The standard InChI is InChI=1S/C9H9BrN2O3/c10-5-3-7-8(11-4-5)12-9(14)6(15-7)1-2-13/h3-4,6,13H,1-2H2,(H,11,12,14). The molecule has 0 aromatic carbocycles. The molecule has 1 amide bonds. The topological polar surface area (TPSA) is 71.5 Å². The molecule has 1 aromatic heterocycles. The molecule has 0 saturated heterocycles. The average Bonchev–Trinajstić information content (AvgIpc) is 2.20. The third-order valence-electron chi connectivity index (χ3n) is 2.01. The smallest absolute Gasteiger partial charge is 0.266 e. The molecule has 2 N–H and O–H groups in total. The maximum absolute atomic E-state index is 11.4. The molecule has 0 bridgehead atoms. The Morgan fingerprint density at radius 3 is 3.20 bits per heavy atom. The lowest BCUT2D eigenvalue weighted by Gasteiger charge is -2.24. The summed E-state index contributed by atoms with van der Waals surface area (Å²) in [6.45, 7) is -0.0884. The van der Waals surface area contributed by atoms with E-state index in [9.17, 15) is 4.79 Å². The number of hydrogen-bond acceptors (Lipinski definition) is 4. The molecule has 1 atom stereocenters. The van der Waals surface area contributed by atoms with Gasteiger partial charge in [0.1, 0.15) is 0 Å². The first kappa shape index (κ1) is 10.4. The number of rotatable bonds is 2. The zero-order chi connectivity index (χ0) is 10.8. The average molecular weight is 273 g/mol. The molecule has 6 heteroatoms. The molecule has 2 heterocycles. The van der Waals surface area contributed by atoms with Gasteiger partial charge in [0.2, 0.25) is 0 Å². The number of aliphatic hydroxyl groups excluding tert-OH is 1. The minimum absolute atomic E-state index is 0.0884. The van der Waals surface area contributed by atoms with Crippen LogP contribution in [0.1, 0.15) is 6.42 Å². The lowest BCUT2D eigenvalue weighted by atomic mass is 10.2. The van der Waals surface area contributed by atoms with Gasteiger partial charge in [-0.25, -0.2) is 4.98 Å². The second-order valence-corrected chi connectivity index (χ2v) is 4.02. The van der Waals surface area contributed by atoms with Crippen molar-refractivity contribution >= 4 is 27.7 Å². The van der Waals surface area contributed by atoms with Gasteiger partial charge in [-0.2, -0.15) is 0 Å². The Balaban J connectivity index is 2.26. The van der Waals surface area contributed by atoms with Crippen molar-refractivity contribution in [1.82, 2.24) is 4.98 Å². The number of aliphatic hydroxyl groups is 1. The zero-order valence-corrected chi connectivity index (χ0v) is 9.32. The third-order valence-corrected chi connectivity index (χ3v) is 2.45. The first-order valence-corrected chi connectivity index (χ1v) is 5.24. The molecule has 2 rings (SSSR count). The molecule has 0 fully saturated rings. The number of hydrogen-bond donors (Lipinski definition) is 2. The van der Waals surface area contributed by atoms with Gasteiger partial charge in [0.15, 0.2) is 17.7 Å². The maximum Gasteiger partial charge on any atom is 0.266 e. The molecule has 0 saturated carbocycles. The van der Waals surface area contributed by atoms with Crippen LogP contribution < -0.4 is 10.1 Å². The third kappa shape index (κ3) is 2.10. The predicted molar refractivity (Wildman–Crippen MR) is 56.7 cm³/mol. The fourth-order valence-electron chi connectivity index (χ4n) is 1.32. The van der Waals surface area contributed by atoms with Crippen molar-refractivity contribution in [1.29, 1.82) is 0 Å². The lowest BCUT2D eigenvalue weighted by Crippen LogP contribution is -2.37.